The Labute approximate surface area is 95.6 Å². The van der Waals surface area contributed by atoms with E-state index in [1.165, 1.54) is 12.7 Å². The van der Waals surface area contributed by atoms with E-state index in [0.29, 0.717) is 6.42 Å². The predicted octanol–water partition coefficient (Wildman–Crippen LogP) is 1.44. The summed E-state index contributed by atoms with van der Waals surface area (Å²) < 4.78 is 4.64. The summed E-state index contributed by atoms with van der Waals surface area (Å²) in [6.07, 6.45) is 3.45. The van der Waals surface area contributed by atoms with E-state index in [4.69, 9.17) is 5.73 Å². The van der Waals surface area contributed by atoms with E-state index in [2.05, 4.69) is 10.8 Å². The fourth-order valence-electron chi connectivity index (χ4n) is 1.83. The second-order valence-corrected chi connectivity index (χ2v) is 4.61. The van der Waals surface area contributed by atoms with E-state index < -0.39 is 0 Å². The third-order valence-electron chi connectivity index (χ3n) is 3.02. The van der Waals surface area contributed by atoms with Crippen LogP contribution in [0, 0.1) is 0 Å². The maximum absolute atomic E-state index is 11.1. The van der Waals surface area contributed by atoms with Gasteiger partial charge in [-0.1, -0.05) is 24.3 Å². The largest absolute Gasteiger partial charge is 0.469 e. The van der Waals surface area contributed by atoms with Crippen molar-refractivity contribution in [3.63, 3.8) is 0 Å². The van der Waals surface area contributed by atoms with Gasteiger partial charge in [0.05, 0.1) is 13.5 Å². The van der Waals surface area contributed by atoms with Gasteiger partial charge in [-0.05, 0) is 30.4 Å². The van der Waals surface area contributed by atoms with Crippen LogP contribution in [0.5, 0.6) is 0 Å². The number of carbonyl (C=O) groups is 1. The molecule has 2 N–H and O–H groups in total. The Balaban J connectivity index is 2.04. The number of methoxy groups -OCH3 is 1. The summed E-state index contributed by atoms with van der Waals surface area (Å²) >= 11 is 0. The fraction of sp³-hybridized carbons (Fsp3) is 0.462. The molecule has 0 atom stereocenters. The maximum atomic E-state index is 11.1. The van der Waals surface area contributed by atoms with E-state index in [1.807, 2.05) is 18.2 Å². The summed E-state index contributed by atoms with van der Waals surface area (Å²) in [5.41, 5.74) is 8.29. The highest BCUT2D eigenvalue weighted by Gasteiger charge is 2.37. The molecule has 0 spiro atoms. The molecule has 0 saturated heterocycles. The number of ether oxygens (including phenoxy) is 1. The van der Waals surface area contributed by atoms with E-state index in [1.54, 1.807) is 0 Å². The van der Waals surface area contributed by atoms with E-state index in [0.717, 1.165) is 24.8 Å². The van der Waals surface area contributed by atoms with Gasteiger partial charge in [-0.2, -0.15) is 0 Å². The Morgan fingerprint density at radius 1 is 1.44 bits per heavy atom. The fourth-order valence-corrected chi connectivity index (χ4v) is 1.83. The predicted molar refractivity (Wildman–Crippen MR) is 62.0 cm³/mol. The van der Waals surface area contributed by atoms with Crippen LogP contribution in [0.2, 0.25) is 0 Å². The Hall–Kier alpha value is -1.35. The Morgan fingerprint density at radius 2 is 2.12 bits per heavy atom. The molecule has 0 bridgehead atoms. The minimum absolute atomic E-state index is 0.0177. The van der Waals surface area contributed by atoms with Gasteiger partial charge in [-0.25, -0.2) is 0 Å². The summed E-state index contributed by atoms with van der Waals surface area (Å²) in [4.78, 5) is 11.1. The molecule has 3 nitrogen and oxygen atoms in total. The summed E-state index contributed by atoms with van der Waals surface area (Å²) in [6.45, 7) is 0. The average Bonchev–Trinajstić information content (AvgIpc) is 2.96. The number of carbonyl (C=O) groups excluding carboxylic acids is 1. The van der Waals surface area contributed by atoms with Crippen molar-refractivity contribution < 1.29 is 9.53 Å². The first-order chi connectivity index (χ1) is 7.61. The molecule has 16 heavy (non-hydrogen) atoms. The smallest absolute Gasteiger partial charge is 0.309 e. The zero-order valence-electron chi connectivity index (χ0n) is 9.53. The molecule has 1 fully saturated rings. The van der Waals surface area contributed by atoms with Gasteiger partial charge in [-0.15, -0.1) is 0 Å². The highest BCUT2D eigenvalue weighted by atomic mass is 16.5. The topological polar surface area (TPSA) is 52.3 Å². The molecule has 1 aromatic rings. The zero-order chi connectivity index (χ0) is 11.6. The number of esters is 1. The monoisotopic (exact) mass is 219 g/mol. The van der Waals surface area contributed by atoms with E-state index in [-0.39, 0.29) is 11.5 Å². The number of benzene rings is 1. The van der Waals surface area contributed by atoms with Crippen LogP contribution in [0.15, 0.2) is 24.3 Å². The summed E-state index contributed by atoms with van der Waals surface area (Å²) in [5.74, 6) is -0.203. The van der Waals surface area contributed by atoms with Crippen molar-refractivity contribution >= 4 is 5.97 Å². The third kappa shape index (κ3) is 2.83. The van der Waals surface area contributed by atoms with Crippen molar-refractivity contribution in [3.8, 4) is 0 Å². The van der Waals surface area contributed by atoms with Crippen LogP contribution in [-0.4, -0.2) is 18.6 Å². The summed E-state index contributed by atoms with van der Waals surface area (Å²) in [7, 11) is 1.41. The molecule has 1 aliphatic carbocycles. The minimum Gasteiger partial charge on any atom is -0.469 e. The van der Waals surface area contributed by atoms with Crippen LogP contribution in [0.3, 0.4) is 0 Å². The molecule has 0 heterocycles. The number of hydrogen-bond donors (Lipinski definition) is 1. The van der Waals surface area contributed by atoms with Crippen LogP contribution in [0.25, 0.3) is 0 Å². The number of hydrogen-bond acceptors (Lipinski definition) is 3. The average molecular weight is 219 g/mol. The van der Waals surface area contributed by atoms with Crippen LogP contribution in [0.1, 0.15) is 24.0 Å². The van der Waals surface area contributed by atoms with Crippen molar-refractivity contribution in [2.75, 3.05) is 7.11 Å². The Bertz CT molecular complexity index is 397. The molecule has 1 saturated carbocycles. The van der Waals surface area contributed by atoms with Crippen LogP contribution in [-0.2, 0) is 22.4 Å². The normalized spacial score (nSPS) is 16.9. The lowest BCUT2D eigenvalue weighted by Gasteiger charge is -2.09. The van der Waals surface area contributed by atoms with Crippen molar-refractivity contribution in [2.45, 2.75) is 31.2 Å². The first-order valence-corrected chi connectivity index (χ1v) is 5.55. The van der Waals surface area contributed by atoms with Crippen LogP contribution in [0.4, 0.5) is 0 Å². The first-order valence-electron chi connectivity index (χ1n) is 5.55. The van der Waals surface area contributed by atoms with Gasteiger partial charge in [0.15, 0.2) is 0 Å². The van der Waals surface area contributed by atoms with Gasteiger partial charge in [0.1, 0.15) is 0 Å². The molecule has 2 rings (SSSR count). The van der Waals surface area contributed by atoms with Crippen molar-refractivity contribution in [1.82, 2.24) is 0 Å². The van der Waals surface area contributed by atoms with Gasteiger partial charge in [0, 0.05) is 5.54 Å². The molecule has 0 aromatic heterocycles. The van der Waals surface area contributed by atoms with E-state index in [9.17, 15) is 4.79 Å². The number of rotatable bonds is 4. The van der Waals surface area contributed by atoms with Crippen LogP contribution < -0.4 is 5.73 Å². The summed E-state index contributed by atoms with van der Waals surface area (Å²) in [5, 5.41) is 0. The second kappa shape index (κ2) is 4.26. The molecule has 1 aliphatic rings. The molecular weight excluding hydrogens is 202 g/mol. The lowest BCUT2D eigenvalue weighted by atomic mass is 10.0. The van der Waals surface area contributed by atoms with Gasteiger partial charge >= 0.3 is 5.97 Å². The molecule has 86 valence electrons. The SMILES string of the molecule is COC(=O)Cc1cccc(CC2(N)CC2)c1. The third-order valence-corrected chi connectivity index (χ3v) is 3.02. The minimum atomic E-state index is -0.203. The lowest BCUT2D eigenvalue weighted by molar-refractivity contribution is -0.139. The Morgan fingerprint density at radius 3 is 2.75 bits per heavy atom. The lowest BCUT2D eigenvalue weighted by Crippen LogP contribution is -2.24. The molecule has 0 radical (unpaired) electrons. The molecule has 0 amide bonds. The highest BCUT2D eigenvalue weighted by Crippen LogP contribution is 2.35. The zero-order valence-corrected chi connectivity index (χ0v) is 9.53. The van der Waals surface area contributed by atoms with E-state index >= 15 is 0 Å². The first kappa shape index (κ1) is 11.1. The van der Waals surface area contributed by atoms with Gasteiger partial charge in [-0.3, -0.25) is 4.79 Å². The molecular formula is C13H17NO2. The quantitative estimate of drug-likeness (QED) is 0.779. The van der Waals surface area contributed by atoms with Crippen molar-refractivity contribution in [2.24, 2.45) is 5.73 Å². The highest BCUT2D eigenvalue weighted by molar-refractivity contribution is 5.72. The maximum Gasteiger partial charge on any atom is 0.309 e. The second-order valence-electron chi connectivity index (χ2n) is 4.61. The summed E-state index contributed by atoms with van der Waals surface area (Å²) in [6, 6.07) is 8.02. The standard InChI is InChI=1S/C13H17NO2/c1-16-12(15)8-10-3-2-4-11(7-10)9-13(14)5-6-13/h2-4,7H,5-6,8-9,14H2,1H3. The van der Waals surface area contributed by atoms with Crippen LogP contribution >= 0.6 is 0 Å². The van der Waals surface area contributed by atoms with Gasteiger partial charge in [0.2, 0.25) is 0 Å². The molecule has 1 aromatic carbocycles. The van der Waals surface area contributed by atoms with Crippen molar-refractivity contribution in [3.05, 3.63) is 35.4 Å². The Kier molecular flexibility index (Phi) is 2.97. The number of nitrogens with two attached hydrogens (primary N) is 1. The molecule has 3 heteroatoms. The van der Waals surface area contributed by atoms with Crippen molar-refractivity contribution in [1.29, 1.82) is 0 Å². The molecule has 0 aliphatic heterocycles. The van der Waals surface area contributed by atoms with Gasteiger partial charge in [0.25, 0.3) is 0 Å². The van der Waals surface area contributed by atoms with Gasteiger partial charge < -0.3 is 10.5 Å². The molecule has 0 unspecified atom stereocenters.